The number of halogens is 1. The van der Waals surface area contributed by atoms with E-state index in [1.165, 1.54) is 23.0 Å². The molecule has 0 radical (unpaired) electrons. The number of rotatable bonds is 3. The number of hydrogen-bond donors (Lipinski definition) is 1. The number of aryl methyl sites for hydroxylation is 1. The van der Waals surface area contributed by atoms with Crippen molar-refractivity contribution in [2.75, 3.05) is 19.8 Å². The second-order valence-corrected chi connectivity index (χ2v) is 8.43. The molecule has 1 spiro atoms. The summed E-state index contributed by atoms with van der Waals surface area (Å²) in [5, 5.41) is 14.7. The van der Waals surface area contributed by atoms with Gasteiger partial charge in [-0.25, -0.2) is 9.07 Å². The lowest BCUT2D eigenvalue weighted by atomic mass is 9.64. The van der Waals surface area contributed by atoms with E-state index in [4.69, 9.17) is 4.74 Å². The third kappa shape index (κ3) is 2.71. The number of ether oxygens (including phenoxy) is 1. The quantitative estimate of drug-likeness (QED) is 0.882. The van der Waals surface area contributed by atoms with E-state index in [1.807, 2.05) is 4.90 Å². The summed E-state index contributed by atoms with van der Waals surface area (Å²) in [4.78, 5) is 15.1. The summed E-state index contributed by atoms with van der Waals surface area (Å²) in [5.74, 6) is -0.135. The van der Waals surface area contributed by atoms with E-state index in [0.717, 1.165) is 38.9 Å². The lowest BCUT2D eigenvalue weighted by molar-refractivity contribution is -0.120. The van der Waals surface area contributed by atoms with E-state index in [0.29, 0.717) is 23.7 Å². The molecule has 3 aliphatic rings. The number of aromatic hydroxyl groups is 1. The molecular formula is C21H24FN3O3. The molecule has 3 heterocycles. The molecule has 5 rings (SSSR count). The number of carbonyl (C=O) groups is 1. The molecule has 1 N–H and O–H groups in total. The second-order valence-electron chi connectivity index (χ2n) is 8.43. The summed E-state index contributed by atoms with van der Waals surface area (Å²) in [6, 6.07) is 4.57. The highest BCUT2D eigenvalue weighted by atomic mass is 19.1. The zero-order valence-electron chi connectivity index (χ0n) is 15.9. The van der Waals surface area contributed by atoms with Crippen molar-refractivity contribution in [2.45, 2.75) is 38.6 Å². The van der Waals surface area contributed by atoms with Gasteiger partial charge in [-0.05, 0) is 62.3 Å². The first-order valence-corrected chi connectivity index (χ1v) is 9.92. The standard InChI is InChI=1S/C21H24FN3O3/c1-13-10-15(22)4-5-16(13)25-11-17(26)18(23-25)20(27)24-12-21(6-8-28-9-7-21)19(24)14-2-3-14/h4-5,10-11,14,19,26H,2-3,6-9,12H2,1H3. The average Bonchev–Trinajstić information content (AvgIpc) is 3.40. The van der Waals surface area contributed by atoms with Gasteiger partial charge in [0.15, 0.2) is 11.4 Å². The fraction of sp³-hybridized carbons (Fsp3) is 0.524. The predicted octanol–water partition coefficient (Wildman–Crippen LogP) is 3.06. The van der Waals surface area contributed by atoms with Crippen LogP contribution in [0.2, 0.25) is 0 Å². The highest BCUT2D eigenvalue weighted by Crippen LogP contribution is 2.55. The van der Waals surface area contributed by atoms with Gasteiger partial charge in [0.25, 0.3) is 5.91 Å². The minimum absolute atomic E-state index is 0.0660. The molecule has 7 heteroatoms. The van der Waals surface area contributed by atoms with Crippen molar-refractivity contribution < 1.29 is 19.0 Å². The smallest absolute Gasteiger partial charge is 0.278 e. The normalized spacial score (nSPS) is 23.6. The maximum atomic E-state index is 13.4. The van der Waals surface area contributed by atoms with Crippen LogP contribution < -0.4 is 0 Å². The van der Waals surface area contributed by atoms with E-state index in [1.54, 1.807) is 13.0 Å². The first-order chi connectivity index (χ1) is 13.5. The second kappa shape index (κ2) is 6.30. The SMILES string of the molecule is Cc1cc(F)ccc1-n1cc(O)c(C(=O)N2CC3(CCOCC3)C2C2CC2)n1. The number of likely N-dealkylation sites (tertiary alicyclic amines) is 1. The zero-order valence-corrected chi connectivity index (χ0v) is 15.9. The van der Waals surface area contributed by atoms with Crippen LogP contribution in [0.3, 0.4) is 0 Å². The largest absolute Gasteiger partial charge is 0.504 e. The van der Waals surface area contributed by atoms with Crippen molar-refractivity contribution in [2.24, 2.45) is 11.3 Å². The Morgan fingerprint density at radius 3 is 2.75 bits per heavy atom. The first-order valence-electron chi connectivity index (χ1n) is 9.92. The first kappa shape index (κ1) is 17.7. The van der Waals surface area contributed by atoms with Gasteiger partial charge in [-0.1, -0.05) is 0 Å². The van der Waals surface area contributed by atoms with Gasteiger partial charge in [0, 0.05) is 31.2 Å². The van der Waals surface area contributed by atoms with Gasteiger partial charge in [0.05, 0.1) is 11.9 Å². The van der Waals surface area contributed by atoms with Crippen molar-refractivity contribution >= 4 is 5.91 Å². The van der Waals surface area contributed by atoms with E-state index in [2.05, 4.69) is 5.10 Å². The summed E-state index contributed by atoms with van der Waals surface area (Å²) in [6.45, 7) is 3.99. The average molecular weight is 385 g/mol. The molecule has 1 amide bonds. The Kier molecular flexibility index (Phi) is 3.98. The molecule has 3 fully saturated rings. The number of carbonyl (C=O) groups excluding carboxylic acids is 1. The van der Waals surface area contributed by atoms with Crippen LogP contribution in [-0.2, 0) is 4.74 Å². The van der Waals surface area contributed by atoms with Crippen molar-refractivity contribution in [3.05, 3.63) is 41.5 Å². The van der Waals surface area contributed by atoms with Crippen LogP contribution in [0.15, 0.2) is 24.4 Å². The molecule has 2 aromatic rings. The lowest BCUT2D eigenvalue weighted by Gasteiger charge is -2.59. The van der Waals surface area contributed by atoms with Gasteiger partial charge in [-0.2, -0.15) is 5.10 Å². The van der Waals surface area contributed by atoms with Crippen LogP contribution in [0, 0.1) is 24.1 Å². The molecule has 6 nitrogen and oxygen atoms in total. The van der Waals surface area contributed by atoms with Gasteiger partial charge >= 0.3 is 0 Å². The molecule has 1 unspecified atom stereocenters. The third-order valence-electron chi connectivity index (χ3n) is 6.57. The van der Waals surface area contributed by atoms with Crippen LogP contribution in [0.5, 0.6) is 5.75 Å². The minimum atomic E-state index is -0.330. The number of nitrogens with zero attached hydrogens (tertiary/aromatic N) is 3. The number of benzene rings is 1. The topological polar surface area (TPSA) is 67.6 Å². The van der Waals surface area contributed by atoms with E-state index in [9.17, 15) is 14.3 Å². The van der Waals surface area contributed by atoms with E-state index >= 15 is 0 Å². The molecule has 1 aliphatic carbocycles. The highest BCUT2D eigenvalue weighted by Gasteiger charge is 2.60. The lowest BCUT2D eigenvalue weighted by Crippen LogP contribution is -2.68. The number of amides is 1. The fourth-order valence-electron chi connectivity index (χ4n) is 5.00. The molecule has 2 saturated heterocycles. The van der Waals surface area contributed by atoms with Crippen LogP contribution >= 0.6 is 0 Å². The monoisotopic (exact) mass is 385 g/mol. The van der Waals surface area contributed by atoms with Crippen molar-refractivity contribution in [3.63, 3.8) is 0 Å². The summed E-state index contributed by atoms with van der Waals surface area (Å²) < 4.78 is 20.4. The fourth-order valence-corrected chi connectivity index (χ4v) is 5.00. The van der Waals surface area contributed by atoms with E-state index in [-0.39, 0.29) is 34.6 Å². The molecule has 0 bridgehead atoms. The molecular weight excluding hydrogens is 361 g/mol. The van der Waals surface area contributed by atoms with Gasteiger partial charge < -0.3 is 14.7 Å². The highest BCUT2D eigenvalue weighted by molar-refractivity contribution is 5.95. The Bertz CT molecular complexity index is 931. The Hall–Kier alpha value is -2.41. The zero-order chi connectivity index (χ0) is 19.5. The predicted molar refractivity (Wildman–Crippen MR) is 100.0 cm³/mol. The Balaban J connectivity index is 1.42. The van der Waals surface area contributed by atoms with Crippen molar-refractivity contribution in [1.29, 1.82) is 0 Å². The van der Waals surface area contributed by atoms with Gasteiger partial charge in [0.2, 0.25) is 0 Å². The third-order valence-corrected chi connectivity index (χ3v) is 6.57. The molecule has 1 saturated carbocycles. The summed E-state index contributed by atoms with van der Waals surface area (Å²) in [5.41, 5.74) is 1.55. The van der Waals surface area contributed by atoms with Crippen LogP contribution in [-0.4, -0.2) is 51.5 Å². The Morgan fingerprint density at radius 1 is 1.32 bits per heavy atom. The summed E-state index contributed by atoms with van der Waals surface area (Å²) in [7, 11) is 0. The molecule has 1 atom stereocenters. The minimum Gasteiger partial charge on any atom is -0.504 e. The summed E-state index contributed by atoms with van der Waals surface area (Å²) >= 11 is 0. The van der Waals surface area contributed by atoms with Crippen molar-refractivity contribution in [1.82, 2.24) is 14.7 Å². The molecule has 1 aromatic carbocycles. The molecule has 1 aromatic heterocycles. The van der Waals surface area contributed by atoms with Crippen LogP contribution in [0.4, 0.5) is 4.39 Å². The number of aromatic nitrogens is 2. The maximum absolute atomic E-state index is 13.4. The maximum Gasteiger partial charge on any atom is 0.278 e. The molecule has 2 aliphatic heterocycles. The Labute approximate surface area is 162 Å². The molecule has 28 heavy (non-hydrogen) atoms. The van der Waals surface area contributed by atoms with Crippen LogP contribution in [0.1, 0.15) is 41.7 Å². The van der Waals surface area contributed by atoms with Crippen LogP contribution in [0.25, 0.3) is 5.69 Å². The van der Waals surface area contributed by atoms with E-state index < -0.39 is 0 Å². The summed E-state index contributed by atoms with van der Waals surface area (Å²) in [6.07, 6.45) is 5.72. The Morgan fingerprint density at radius 2 is 2.07 bits per heavy atom. The molecule has 148 valence electrons. The van der Waals surface area contributed by atoms with Gasteiger partial charge in [-0.3, -0.25) is 4.79 Å². The van der Waals surface area contributed by atoms with Gasteiger partial charge in [-0.15, -0.1) is 0 Å². The van der Waals surface area contributed by atoms with Crippen molar-refractivity contribution in [3.8, 4) is 11.4 Å². The number of hydrogen-bond acceptors (Lipinski definition) is 4. The van der Waals surface area contributed by atoms with Gasteiger partial charge in [0.1, 0.15) is 5.82 Å².